The fraction of sp³-hybridized carbons (Fsp3) is 0.805. The van der Waals surface area contributed by atoms with Crippen LogP contribution in [0.2, 0.25) is 0 Å². The number of aliphatic hydroxyl groups excluding tert-OH is 2. The minimum atomic E-state index is -4.63. The van der Waals surface area contributed by atoms with Crippen LogP contribution in [0, 0.1) is 0 Å². The van der Waals surface area contributed by atoms with Gasteiger partial charge in [-0.25, -0.2) is 4.57 Å². The van der Waals surface area contributed by atoms with Crippen molar-refractivity contribution in [2.75, 3.05) is 26.4 Å². The molecule has 0 aliphatic rings. The normalized spacial score (nSPS) is 14.3. The first-order valence-corrected chi connectivity index (χ1v) is 21.9. The van der Waals surface area contributed by atoms with E-state index >= 15 is 0 Å². The maximum absolute atomic E-state index is 12.3. The molecule has 52 heavy (non-hydrogen) atoms. The lowest BCUT2D eigenvalue weighted by Crippen LogP contribution is -2.28. The third-order valence-corrected chi connectivity index (χ3v) is 9.53. The van der Waals surface area contributed by atoms with Crippen LogP contribution < -0.4 is 0 Å². The molecular weight excluding hydrogens is 683 g/mol. The second-order valence-corrected chi connectivity index (χ2v) is 15.1. The van der Waals surface area contributed by atoms with E-state index in [1.807, 2.05) is 0 Å². The molecule has 0 aliphatic heterocycles. The number of hydrogen-bond donors (Lipinski definition) is 3. The molecule has 0 aromatic rings. The predicted molar refractivity (Wildman–Crippen MR) is 210 cm³/mol. The molecule has 0 rings (SSSR count). The monoisotopic (exact) mass is 759 g/mol. The number of rotatable bonds is 38. The molecule has 3 N–H and O–H groups in total. The molecule has 10 nitrogen and oxygen atoms in total. The van der Waals surface area contributed by atoms with E-state index in [0.29, 0.717) is 12.8 Å². The van der Waals surface area contributed by atoms with Gasteiger partial charge in [0, 0.05) is 12.8 Å². The van der Waals surface area contributed by atoms with Gasteiger partial charge in [-0.1, -0.05) is 127 Å². The van der Waals surface area contributed by atoms with Crippen LogP contribution in [0.25, 0.3) is 0 Å². The minimum absolute atomic E-state index is 0.181. The first-order valence-electron chi connectivity index (χ1n) is 20.4. The van der Waals surface area contributed by atoms with Gasteiger partial charge < -0.3 is 24.6 Å². The van der Waals surface area contributed by atoms with E-state index in [-0.39, 0.29) is 12.8 Å². The summed E-state index contributed by atoms with van der Waals surface area (Å²) in [6, 6.07) is 0. The van der Waals surface area contributed by atoms with Crippen molar-refractivity contribution in [2.45, 2.75) is 187 Å². The zero-order valence-corrected chi connectivity index (χ0v) is 33.7. The van der Waals surface area contributed by atoms with E-state index in [1.165, 1.54) is 64.2 Å². The van der Waals surface area contributed by atoms with Crippen molar-refractivity contribution >= 4 is 19.8 Å². The van der Waals surface area contributed by atoms with Gasteiger partial charge in [-0.05, 0) is 70.6 Å². The van der Waals surface area contributed by atoms with Crippen molar-refractivity contribution in [1.82, 2.24) is 0 Å². The molecule has 0 saturated carbocycles. The maximum atomic E-state index is 12.3. The largest absolute Gasteiger partial charge is 0.472 e. The van der Waals surface area contributed by atoms with Gasteiger partial charge >= 0.3 is 19.8 Å². The molecule has 0 aliphatic carbocycles. The summed E-state index contributed by atoms with van der Waals surface area (Å²) in [5.74, 6) is -1.04. The molecule has 0 heterocycles. The van der Waals surface area contributed by atoms with Gasteiger partial charge in [0.25, 0.3) is 0 Å². The Bertz CT molecular complexity index is 967. The fourth-order valence-corrected chi connectivity index (χ4v) is 6.16. The summed E-state index contributed by atoms with van der Waals surface area (Å²) >= 11 is 0. The number of phosphoric ester groups is 1. The van der Waals surface area contributed by atoms with E-state index in [0.717, 1.165) is 70.6 Å². The van der Waals surface area contributed by atoms with E-state index in [1.54, 1.807) is 0 Å². The number of hydrogen-bond acceptors (Lipinski definition) is 9. The number of phosphoric acid groups is 1. The highest BCUT2D eigenvalue weighted by Crippen LogP contribution is 2.43. The van der Waals surface area contributed by atoms with E-state index in [4.69, 9.17) is 18.5 Å². The maximum Gasteiger partial charge on any atom is 0.472 e. The Morgan fingerprint density at radius 1 is 0.519 bits per heavy atom. The second kappa shape index (κ2) is 37.5. The Labute approximate surface area is 316 Å². The van der Waals surface area contributed by atoms with E-state index in [9.17, 15) is 29.3 Å². The zero-order valence-electron chi connectivity index (χ0n) is 32.8. The summed E-state index contributed by atoms with van der Waals surface area (Å²) in [5.41, 5.74) is 0. The molecule has 0 bridgehead atoms. The predicted octanol–water partition coefficient (Wildman–Crippen LogP) is 10.4. The van der Waals surface area contributed by atoms with Crippen molar-refractivity contribution in [2.24, 2.45) is 0 Å². The third-order valence-electron chi connectivity index (χ3n) is 8.57. The van der Waals surface area contributed by atoms with Crippen LogP contribution in [0.3, 0.4) is 0 Å². The van der Waals surface area contributed by atoms with Gasteiger partial charge in [-0.15, -0.1) is 0 Å². The van der Waals surface area contributed by atoms with E-state index < -0.39 is 58.4 Å². The molecule has 11 heteroatoms. The lowest BCUT2D eigenvalue weighted by molar-refractivity contribution is -0.153. The van der Waals surface area contributed by atoms with Gasteiger partial charge in [-0.3, -0.25) is 18.6 Å². The Morgan fingerprint density at radius 3 is 1.21 bits per heavy atom. The van der Waals surface area contributed by atoms with Crippen LogP contribution in [0.15, 0.2) is 36.5 Å². The van der Waals surface area contributed by atoms with E-state index in [2.05, 4.69) is 50.3 Å². The summed E-state index contributed by atoms with van der Waals surface area (Å²) in [7, 11) is -4.63. The Morgan fingerprint density at radius 2 is 0.846 bits per heavy atom. The molecule has 0 radical (unpaired) electrons. The van der Waals surface area contributed by atoms with Crippen LogP contribution in [-0.4, -0.2) is 65.7 Å². The van der Waals surface area contributed by atoms with Gasteiger partial charge in [0.15, 0.2) is 0 Å². The quantitative estimate of drug-likeness (QED) is 0.0240. The highest BCUT2D eigenvalue weighted by Gasteiger charge is 2.27. The first-order chi connectivity index (χ1) is 25.3. The number of allylic oxidation sites excluding steroid dienone is 6. The lowest BCUT2D eigenvalue weighted by Gasteiger charge is -2.20. The average Bonchev–Trinajstić information content (AvgIpc) is 3.13. The number of ether oxygens (including phenoxy) is 2. The van der Waals surface area contributed by atoms with Crippen LogP contribution in [0.5, 0.6) is 0 Å². The van der Waals surface area contributed by atoms with Gasteiger partial charge in [0.1, 0.15) is 12.2 Å². The smallest absolute Gasteiger partial charge is 0.457 e. The van der Waals surface area contributed by atoms with Crippen molar-refractivity contribution in [3.8, 4) is 0 Å². The van der Waals surface area contributed by atoms with Crippen LogP contribution in [0.4, 0.5) is 0 Å². The molecular formula is C41H75O10P. The highest BCUT2D eigenvalue weighted by atomic mass is 31.2. The molecule has 3 unspecified atom stereocenters. The Kier molecular flexibility index (Phi) is 36.2. The molecule has 0 saturated heterocycles. The van der Waals surface area contributed by atoms with Crippen molar-refractivity contribution in [3.05, 3.63) is 36.5 Å². The molecule has 0 spiro atoms. The Balaban J connectivity index is 3.96. The average molecular weight is 759 g/mol. The number of unbranched alkanes of at least 4 members (excludes halogenated alkanes) is 18. The zero-order chi connectivity index (χ0) is 38.4. The van der Waals surface area contributed by atoms with Crippen LogP contribution in [-0.2, 0) is 32.7 Å². The number of esters is 2. The van der Waals surface area contributed by atoms with Crippen molar-refractivity contribution in [3.63, 3.8) is 0 Å². The SMILES string of the molecule is CCCCC/C=C\C/C=C\CCCCCCCCCC(=O)OC(CO)COP(=O)(O)OCC(CO)OC(=O)CCCCCCC/C=C\CCCCC. The summed E-state index contributed by atoms with van der Waals surface area (Å²) in [5, 5.41) is 19.1. The van der Waals surface area contributed by atoms with Crippen LogP contribution >= 0.6 is 7.82 Å². The molecule has 0 fully saturated rings. The lowest BCUT2D eigenvalue weighted by atomic mass is 10.1. The van der Waals surface area contributed by atoms with Crippen molar-refractivity contribution < 1.29 is 47.8 Å². The molecule has 3 atom stereocenters. The molecule has 304 valence electrons. The number of aliphatic hydroxyl groups is 2. The first kappa shape index (κ1) is 50.2. The Hall–Kier alpha value is -1.81. The second-order valence-electron chi connectivity index (χ2n) is 13.6. The summed E-state index contributed by atoms with van der Waals surface area (Å²) in [4.78, 5) is 34.4. The number of carbonyl (C=O) groups excluding carboxylic acids is 2. The van der Waals surface area contributed by atoms with Crippen LogP contribution in [0.1, 0.15) is 174 Å². The summed E-state index contributed by atoms with van der Waals surface area (Å²) in [6.45, 7) is 2.13. The third kappa shape index (κ3) is 35.2. The highest BCUT2D eigenvalue weighted by molar-refractivity contribution is 7.47. The fourth-order valence-electron chi connectivity index (χ4n) is 5.37. The van der Waals surface area contributed by atoms with Gasteiger partial charge in [-0.2, -0.15) is 0 Å². The standard InChI is InChI=1S/C41H75O10P/c1-3-5-7-9-11-13-15-17-18-19-20-21-23-25-27-29-31-33-41(45)51-39(35-43)37-49-52(46,47)48-36-38(34-42)50-40(44)32-30-28-26-24-22-16-14-12-10-8-6-4-2/h11-14,17-18,38-39,42-43H,3-10,15-16,19-37H2,1-2H3,(H,46,47)/b13-11-,14-12-,18-17-. The number of carbonyl (C=O) groups is 2. The topological polar surface area (TPSA) is 149 Å². The summed E-state index contributed by atoms with van der Waals surface area (Å²) < 4.78 is 32.5. The minimum Gasteiger partial charge on any atom is -0.457 e. The van der Waals surface area contributed by atoms with Gasteiger partial charge in [0.2, 0.25) is 0 Å². The summed E-state index contributed by atoms with van der Waals surface area (Å²) in [6.07, 6.45) is 36.9. The molecule has 0 aromatic heterocycles. The molecule has 0 amide bonds. The molecule has 0 aromatic carbocycles. The van der Waals surface area contributed by atoms with Crippen molar-refractivity contribution in [1.29, 1.82) is 0 Å². The van der Waals surface area contributed by atoms with Gasteiger partial charge in [0.05, 0.1) is 26.4 Å².